The first-order valence-electron chi connectivity index (χ1n) is 5.88. The fraction of sp³-hybridized carbons (Fsp3) is 0.154. The molecule has 1 heterocycles. The predicted octanol–water partition coefficient (Wildman–Crippen LogP) is 1.46. The quantitative estimate of drug-likeness (QED) is 0.836. The van der Waals surface area contributed by atoms with E-state index in [0.29, 0.717) is 11.3 Å². The summed E-state index contributed by atoms with van der Waals surface area (Å²) >= 11 is 0. The van der Waals surface area contributed by atoms with Gasteiger partial charge < -0.3 is 14.3 Å². The fourth-order valence-electron chi connectivity index (χ4n) is 1.61. The van der Waals surface area contributed by atoms with Crippen LogP contribution in [-0.4, -0.2) is 26.6 Å². The number of carbonyl (C=O) groups is 1. The molecule has 0 saturated carbocycles. The Labute approximate surface area is 121 Å². The molecule has 2 aromatic rings. The fourth-order valence-corrected chi connectivity index (χ4v) is 2.56. The van der Waals surface area contributed by atoms with Crippen LogP contribution >= 0.6 is 0 Å². The zero-order valence-corrected chi connectivity index (χ0v) is 11.9. The first-order chi connectivity index (χ1) is 9.92. The molecule has 21 heavy (non-hydrogen) atoms. The van der Waals surface area contributed by atoms with Crippen LogP contribution in [0.4, 0.5) is 0 Å². The summed E-state index contributed by atoms with van der Waals surface area (Å²) in [5, 5.41) is 8.26. The van der Waals surface area contributed by atoms with E-state index >= 15 is 0 Å². The van der Waals surface area contributed by atoms with Crippen LogP contribution in [0.5, 0.6) is 5.75 Å². The Bertz CT molecular complexity index is 750. The molecule has 0 radical (unpaired) electrons. The van der Waals surface area contributed by atoms with Gasteiger partial charge in [-0.15, -0.1) is 0 Å². The summed E-state index contributed by atoms with van der Waals surface area (Å²) in [4.78, 5) is 10.7. The summed E-state index contributed by atoms with van der Waals surface area (Å²) in [6.07, 6.45) is 0. The molecule has 2 rings (SSSR count). The number of carboxylic acids is 1. The van der Waals surface area contributed by atoms with Crippen LogP contribution in [0.15, 0.2) is 45.9 Å². The molecule has 0 bridgehead atoms. The van der Waals surface area contributed by atoms with Gasteiger partial charge in [-0.3, -0.25) is 0 Å². The van der Waals surface area contributed by atoms with Crippen molar-refractivity contribution in [1.29, 1.82) is 0 Å². The average Bonchev–Trinajstić information content (AvgIpc) is 2.96. The lowest BCUT2D eigenvalue weighted by atomic mass is 10.2. The molecule has 0 aliphatic heterocycles. The smallest absolute Gasteiger partial charge is 0.371 e. The molecule has 0 aliphatic carbocycles. The number of hydrogen-bond acceptors (Lipinski definition) is 5. The summed E-state index contributed by atoms with van der Waals surface area (Å²) in [6, 6.07) is 9.07. The number of sulfonamides is 1. The molecule has 0 atom stereocenters. The second-order valence-corrected chi connectivity index (χ2v) is 5.80. The molecule has 0 saturated heterocycles. The van der Waals surface area contributed by atoms with Crippen molar-refractivity contribution in [2.75, 3.05) is 7.11 Å². The summed E-state index contributed by atoms with van der Waals surface area (Å²) in [5.41, 5.74) is 0.697. The Kier molecular flexibility index (Phi) is 4.29. The second kappa shape index (κ2) is 5.98. The van der Waals surface area contributed by atoms with E-state index in [4.69, 9.17) is 14.3 Å². The van der Waals surface area contributed by atoms with Gasteiger partial charge in [-0.1, -0.05) is 12.1 Å². The standard InChI is InChI=1S/C13H13NO6S/c1-19-10-4-2-3-9(7-10)8-14-21(17,18)12-6-5-11(20-12)13(15)16/h2-7,14H,8H2,1H3,(H,15,16). The lowest BCUT2D eigenvalue weighted by Gasteiger charge is -2.06. The van der Waals surface area contributed by atoms with Gasteiger partial charge in [0, 0.05) is 6.54 Å². The van der Waals surface area contributed by atoms with E-state index in [0.717, 1.165) is 12.1 Å². The number of rotatable bonds is 6. The third-order valence-electron chi connectivity index (χ3n) is 2.66. The maximum Gasteiger partial charge on any atom is 0.371 e. The van der Waals surface area contributed by atoms with Crippen molar-refractivity contribution in [3.63, 3.8) is 0 Å². The summed E-state index contributed by atoms with van der Waals surface area (Å²) in [5.74, 6) is -1.15. The second-order valence-electron chi connectivity index (χ2n) is 4.10. The molecule has 2 N–H and O–H groups in total. The Hall–Kier alpha value is -2.32. The Morgan fingerprint density at radius 1 is 1.33 bits per heavy atom. The lowest BCUT2D eigenvalue weighted by molar-refractivity contribution is 0.0656. The molecule has 7 nitrogen and oxygen atoms in total. The number of ether oxygens (including phenoxy) is 1. The van der Waals surface area contributed by atoms with Gasteiger partial charge in [0.25, 0.3) is 10.0 Å². The van der Waals surface area contributed by atoms with Crippen LogP contribution in [0.2, 0.25) is 0 Å². The van der Waals surface area contributed by atoms with Crippen molar-refractivity contribution in [2.24, 2.45) is 0 Å². The van der Waals surface area contributed by atoms with E-state index in [1.807, 2.05) is 0 Å². The molecule has 0 fully saturated rings. The normalized spacial score (nSPS) is 11.3. The molecular formula is C13H13NO6S. The van der Waals surface area contributed by atoms with Crippen molar-refractivity contribution < 1.29 is 27.5 Å². The minimum atomic E-state index is -3.91. The molecule has 0 aliphatic rings. The van der Waals surface area contributed by atoms with Crippen molar-refractivity contribution in [3.05, 3.63) is 47.7 Å². The Balaban J connectivity index is 2.11. The van der Waals surface area contributed by atoms with E-state index < -0.39 is 26.8 Å². The SMILES string of the molecule is COc1cccc(CNS(=O)(=O)c2ccc(C(=O)O)o2)c1. The van der Waals surface area contributed by atoms with Gasteiger partial charge in [0.05, 0.1) is 7.11 Å². The van der Waals surface area contributed by atoms with Crippen LogP contribution in [-0.2, 0) is 16.6 Å². The number of nitrogens with one attached hydrogen (secondary N) is 1. The van der Waals surface area contributed by atoms with Gasteiger partial charge in [-0.25, -0.2) is 17.9 Å². The number of aromatic carboxylic acids is 1. The minimum Gasteiger partial charge on any atom is -0.497 e. The first-order valence-corrected chi connectivity index (χ1v) is 7.36. The third kappa shape index (κ3) is 3.61. The third-order valence-corrected chi connectivity index (χ3v) is 3.93. The zero-order chi connectivity index (χ0) is 15.5. The maximum atomic E-state index is 12.0. The predicted molar refractivity (Wildman–Crippen MR) is 72.7 cm³/mol. The van der Waals surface area contributed by atoms with E-state index in [-0.39, 0.29) is 6.54 Å². The number of benzene rings is 1. The molecule has 112 valence electrons. The Morgan fingerprint density at radius 2 is 2.10 bits per heavy atom. The summed E-state index contributed by atoms with van der Waals surface area (Å²) in [7, 11) is -2.40. The van der Waals surface area contributed by atoms with Crippen LogP contribution < -0.4 is 9.46 Å². The highest BCUT2D eigenvalue weighted by molar-refractivity contribution is 7.89. The molecule has 0 unspecified atom stereocenters. The molecule has 8 heteroatoms. The van der Waals surface area contributed by atoms with Crippen molar-refractivity contribution in [2.45, 2.75) is 11.6 Å². The van der Waals surface area contributed by atoms with Gasteiger partial charge >= 0.3 is 5.97 Å². The topological polar surface area (TPSA) is 106 Å². The van der Waals surface area contributed by atoms with Crippen LogP contribution in [0.3, 0.4) is 0 Å². The number of furan rings is 1. The number of methoxy groups -OCH3 is 1. The van der Waals surface area contributed by atoms with Gasteiger partial charge in [-0.2, -0.15) is 0 Å². The number of hydrogen-bond donors (Lipinski definition) is 2. The van der Waals surface area contributed by atoms with Gasteiger partial charge in [0.1, 0.15) is 5.75 Å². The van der Waals surface area contributed by atoms with E-state index in [1.54, 1.807) is 24.3 Å². The average molecular weight is 311 g/mol. The number of carboxylic acid groups (broad SMARTS) is 1. The van der Waals surface area contributed by atoms with Crippen molar-refractivity contribution >= 4 is 16.0 Å². The molecular weight excluding hydrogens is 298 g/mol. The van der Waals surface area contributed by atoms with Crippen LogP contribution in [0, 0.1) is 0 Å². The minimum absolute atomic E-state index is 0.0304. The van der Waals surface area contributed by atoms with Gasteiger partial charge in [-0.05, 0) is 29.8 Å². The molecule has 0 amide bonds. The molecule has 1 aromatic carbocycles. The van der Waals surface area contributed by atoms with E-state index in [9.17, 15) is 13.2 Å². The van der Waals surface area contributed by atoms with E-state index in [1.165, 1.54) is 7.11 Å². The van der Waals surface area contributed by atoms with Gasteiger partial charge in [0.15, 0.2) is 0 Å². The first kappa shape index (κ1) is 15.1. The molecule has 0 spiro atoms. The molecule has 1 aromatic heterocycles. The van der Waals surface area contributed by atoms with Crippen LogP contribution in [0.25, 0.3) is 0 Å². The van der Waals surface area contributed by atoms with Crippen LogP contribution in [0.1, 0.15) is 16.1 Å². The zero-order valence-electron chi connectivity index (χ0n) is 11.1. The highest BCUT2D eigenvalue weighted by Gasteiger charge is 2.20. The van der Waals surface area contributed by atoms with Crippen molar-refractivity contribution in [3.8, 4) is 5.75 Å². The lowest BCUT2D eigenvalue weighted by Crippen LogP contribution is -2.22. The summed E-state index contributed by atoms with van der Waals surface area (Å²) in [6.45, 7) is 0.0304. The van der Waals surface area contributed by atoms with Gasteiger partial charge in [0.2, 0.25) is 10.9 Å². The maximum absolute atomic E-state index is 12.0. The van der Waals surface area contributed by atoms with Crippen molar-refractivity contribution in [1.82, 2.24) is 4.72 Å². The van der Waals surface area contributed by atoms with E-state index in [2.05, 4.69) is 4.72 Å². The Morgan fingerprint density at radius 3 is 2.71 bits per heavy atom. The highest BCUT2D eigenvalue weighted by atomic mass is 32.2. The highest BCUT2D eigenvalue weighted by Crippen LogP contribution is 2.16. The summed E-state index contributed by atoms with van der Waals surface area (Å²) < 4.78 is 36.1. The monoisotopic (exact) mass is 311 g/mol. The largest absolute Gasteiger partial charge is 0.497 e.